The van der Waals surface area contributed by atoms with Crippen molar-refractivity contribution >= 4 is 0 Å². The summed E-state index contributed by atoms with van der Waals surface area (Å²) in [7, 11) is 3.58. The second-order valence-corrected chi connectivity index (χ2v) is 4.04. The molecule has 2 aromatic rings. The van der Waals surface area contributed by atoms with Gasteiger partial charge in [-0.3, -0.25) is 0 Å². The molecule has 0 aliphatic rings. The summed E-state index contributed by atoms with van der Waals surface area (Å²) in [6.07, 6.45) is 3.95. The topological polar surface area (TPSA) is 18.0 Å². The Bertz CT molecular complexity index is 534. The molecule has 0 saturated heterocycles. The van der Waals surface area contributed by atoms with Crippen LogP contribution < -0.4 is 9.30 Å². The molecule has 0 aliphatic carbocycles. The minimum Gasteiger partial charge on any atom is -0.496 e. The SMILES string of the molecule is COc1ccc(F)cc1Cn1cc[n+](C)c1C. The monoisotopic (exact) mass is 235 g/mol. The van der Waals surface area contributed by atoms with E-state index in [1.165, 1.54) is 12.1 Å². The summed E-state index contributed by atoms with van der Waals surface area (Å²) in [5, 5.41) is 0. The van der Waals surface area contributed by atoms with E-state index in [1.807, 2.05) is 30.9 Å². The highest BCUT2D eigenvalue weighted by atomic mass is 19.1. The van der Waals surface area contributed by atoms with Gasteiger partial charge in [0.25, 0.3) is 5.82 Å². The predicted molar refractivity (Wildman–Crippen MR) is 62.4 cm³/mol. The van der Waals surface area contributed by atoms with E-state index in [4.69, 9.17) is 4.74 Å². The van der Waals surface area contributed by atoms with Crippen LogP contribution in [0.4, 0.5) is 4.39 Å². The predicted octanol–water partition coefficient (Wildman–Crippen LogP) is 1.82. The third-order valence-electron chi connectivity index (χ3n) is 2.98. The standard InChI is InChI=1S/C13H16FN2O/c1-10-15(2)6-7-16(10)9-11-8-12(14)4-5-13(11)17-3/h4-8H,9H2,1-3H3/q+1. The van der Waals surface area contributed by atoms with Gasteiger partial charge in [0.2, 0.25) is 0 Å². The highest BCUT2D eigenvalue weighted by Gasteiger charge is 2.12. The summed E-state index contributed by atoms with van der Waals surface area (Å²) in [6, 6.07) is 4.58. The van der Waals surface area contributed by atoms with Crippen LogP contribution in [-0.4, -0.2) is 11.7 Å². The van der Waals surface area contributed by atoms with Crippen molar-refractivity contribution in [1.29, 1.82) is 0 Å². The Balaban J connectivity index is 2.35. The number of imidazole rings is 1. The number of methoxy groups -OCH3 is 1. The van der Waals surface area contributed by atoms with Gasteiger partial charge in [0.15, 0.2) is 0 Å². The third kappa shape index (κ3) is 2.30. The average molecular weight is 235 g/mol. The van der Waals surface area contributed by atoms with E-state index in [1.54, 1.807) is 13.2 Å². The lowest BCUT2D eigenvalue weighted by Crippen LogP contribution is -2.29. The van der Waals surface area contributed by atoms with Crippen molar-refractivity contribution in [1.82, 2.24) is 4.57 Å². The molecular formula is C13H16FN2O+. The van der Waals surface area contributed by atoms with E-state index < -0.39 is 0 Å². The molecule has 0 radical (unpaired) electrons. The fraction of sp³-hybridized carbons (Fsp3) is 0.308. The number of hydrogen-bond acceptors (Lipinski definition) is 1. The van der Waals surface area contributed by atoms with Crippen molar-refractivity contribution in [2.24, 2.45) is 7.05 Å². The van der Waals surface area contributed by atoms with Gasteiger partial charge in [0, 0.05) is 12.5 Å². The molecule has 0 fully saturated rings. The van der Waals surface area contributed by atoms with E-state index in [2.05, 4.69) is 4.57 Å². The van der Waals surface area contributed by atoms with Crippen LogP contribution >= 0.6 is 0 Å². The van der Waals surface area contributed by atoms with Crippen LogP contribution in [0.2, 0.25) is 0 Å². The zero-order chi connectivity index (χ0) is 12.4. The molecule has 0 atom stereocenters. The smallest absolute Gasteiger partial charge is 0.253 e. The maximum absolute atomic E-state index is 13.2. The summed E-state index contributed by atoms with van der Waals surface area (Å²) in [4.78, 5) is 0. The highest BCUT2D eigenvalue weighted by Crippen LogP contribution is 2.20. The lowest BCUT2D eigenvalue weighted by Gasteiger charge is -2.07. The Morgan fingerprint density at radius 2 is 2.18 bits per heavy atom. The normalized spacial score (nSPS) is 10.6. The van der Waals surface area contributed by atoms with Gasteiger partial charge in [-0.05, 0) is 18.2 Å². The van der Waals surface area contributed by atoms with Gasteiger partial charge in [-0.1, -0.05) is 0 Å². The van der Waals surface area contributed by atoms with Gasteiger partial charge in [0.1, 0.15) is 30.5 Å². The quantitative estimate of drug-likeness (QED) is 0.742. The van der Waals surface area contributed by atoms with Crippen molar-refractivity contribution in [3.05, 3.63) is 47.8 Å². The molecule has 3 nitrogen and oxygen atoms in total. The molecule has 4 heteroatoms. The van der Waals surface area contributed by atoms with Crippen molar-refractivity contribution in [2.75, 3.05) is 7.11 Å². The van der Waals surface area contributed by atoms with Gasteiger partial charge < -0.3 is 4.74 Å². The fourth-order valence-corrected chi connectivity index (χ4v) is 1.82. The maximum Gasteiger partial charge on any atom is 0.253 e. The van der Waals surface area contributed by atoms with Gasteiger partial charge in [-0.2, -0.15) is 0 Å². The molecular weight excluding hydrogens is 219 g/mol. The number of aryl methyl sites for hydroxylation is 1. The molecule has 0 N–H and O–H groups in total. The van der Waals surface area contributed by atoms with Crippen LogP contribution in [0.3, 0.4) is 0 Å². The van der Waals surface area contributed by atoms with Crippen LogP contribution in [0.1, 0.15) is 11.4 Å². The molecule has 1 heterocycles. The zero-order valence-corrected chi connectivity index (χ0v) is 10.3. The molecule has 0 unspecified atom stereocenters. The van der Waals surface area contributed by atoms with Gasteiger partial charge in [-0.25, -0.2) is 13.5 Å². The molecule has 0 spiro atoms. The van der Waals surface area contributed by atoms with E-state index in [0.717, 1.165) is 11.4 Å². The molecule has 0 saturated carbocycles. The van der Waals surface area contributed by atoms with Crippen LogP contribution in [0.25, 0.3) is 0 Å². The first kappa shape index (κ1) is 11.6. The van der Waals surface area contributed by atoms with E-state index in [-0.39, 0.29) is 5.82 Å². The number of hydrogen-bond donors (Lipinski definition) is 0. The summed E-state index contributed by atoms with van der Waals surface area (Å²) < 4.78 is 22.5. The molecule has 0 aliphatic heterocycles. The Labute approximate surface area is 100 Å². The average Bonchev–Trinajstić information content (AvgIpc) is 2.61. The molecule has 90 valence electrons. The summed E-state index contributed by atoms with van der Waals surface area (Å²) in [5.41, 5.74) is 0.840. The Hall–Kier alpha value is -1.84. The largest absolute Gasteiger partial charge is 0.496 e. The minimum absolute atomic E-state index is 0.241. The Kier molecular flexibility index (Phi) is 3.13. The van der Waals surface area contributed by atoms with E-state index in [0.29, 0.717) is 12.3 Å². The fourth-order valence-electron chi connectivity index (χ4n) is 1.82. The Morgan fingerprint density at radius 3 is 2.76 bits per heavy atom. The number of rotatable bonds is 3. The van der Waals surface area contributed by atoms with Gasteiger partial charge in [-0.15, -0.1) is 0 Å². The highest BCUT2D eigenvalue weighted by molar-refractivity contribution is 5.34. The molecule has 17 heavy (non-hydrogen) atoms. The third-order valence-corrected chi connectivity index (χ3v) is 2.98. The second-order valence-electron chi connectivity index (χ2n) is 4.04. The van der Waals surface area contributed by atoms with Crippen molar-refractivity contribution in [3.8, 4) is 5.75 Å². The molecule has 1 aromatic carbocycles. The Morgan fingerprint density at radius 1 is 1.41 bits per heavy atom. The van der Waals surface area contributed by atoms with Crippen LogP contribution in [0, 0.1) is 12.7 Å². The molecule has 2 rings (SSSR count). The van der Waals surface area contributed by atoms with E-state index >= 15 is 0 Å². The van der Waals surface area contributed by atoms with Crippen molar-refractivity contribution in [2.45, 2.75) is 13.5 Å². The zero-order valence-electron chi connectivity index (χ0n) is 10.3. The van der Waals surface area contributed by atoms with Crippen molar-refractivity contribution < 1.29 is 13.7 Å². The lowest BCUT2D eigenvalue weighted by atomic mass is 10.2. The van der Waals surface area contributed by atoms with Crippen LogP contribution in [0.5, 0.6) is 5.75 Å². The van der Waals surface area contributed by atoms with Crippen molar-refractivity contribution in [3.63, 3.8) is 0 Å². The second kappa shape index (κ2) is 4.57. The maximum atomic E-state index is 13.2. The molecule has 1 aromatic heterocycles. The van der Waals surface area contributed by atoms with E-state index in [9.17, 15) is 4.39 Å². The van der Waals surface area contributed by atoms with Gasteiger partial charge in [0.05, 0.1) is 14.2 Å². The number of aromatic nitrogens is 2. The number of nitrogens with zero attached hydrogens (tertiary/aromatic N) is 2. The first-order valence-corrected chi connectivity index (χ1v) is 5.45. The molecule has 0 amide bonds. The number of benzene rings is 1. The minimum atomic E-state index is -0.241. The summed E-state index contributed by atoms with van der Waals surface area (Å²) in [6.45, 7) is 2.62. The number of halogens is 1. The number of ether oxygens (including phenoxy) is 1. The summed E-state index contributed by atoms with van der Waals surface area (Å²) in [5.74, 6) is 1.58. The first-order valence-electron chi connectivity index (χ1n) is 5.45. The first-order chi connectivity index (χ1) is 8.11. The lowest BCUT2D eigenvalue weighted by molar-refractivity contribution is -0.677. The van der Waals surface area contributed by atoms with Crippen LogP contribution in [0.15, 0.2) is 30.6 Å². The molecule has 0 bridgehead atoms. The summed E-state index contributed by atoms with van der Waals surface area (Å²) >= 11 is 0. The van der Waals surface area contributed by atoms with Gasteiger partial charge >= 0.3 is 0 Å². The van der Waals surface area contributed by atoms with Crippen LogP contribution in [-0.2, 0) is 13.6 Å².